The Labute approximate surface area is 167 Å². The van der Waals surface area contributed by atoms with Crippen molar-refractivity contribution in [1.29, 1.82) is 0 Å². The zero-order chi connectivity index (χ0) is 21.5. The average Bonchev–Trinajstić information content (AvgIpc) is 3.14. The van der Waals surface area contributed by atoms with Crippen LogP contribution in [-0.4, -0.2) is 10.9 Å². The first-order valence-electron chi connectivity index (χ1n) is 8.70. The number of nitrogens with zero attached hydrogens (tertiary/aromatic N) is 1. The van der Waals surface area contributed by atoms with Gasteiger partial charge in [-0.15, -0.1) is 0 Å². The van der Waals surface area contributed by atoms with Gasteiger partial charge in [-0.05, 0) is 25.1 Å². The number of carbonyl (C=O) groups is 1. The molecule has 30 heavy (non-hydrogen) atoms. The van der Waals surface area contributed by atoms with Crippen LogP contribution in [0, 0.1) is 6.92 Å². The van der Waals surface area contributed by atoms with Crippen molar-refractivity contribution >= 4 is 22.6 Å². The van der Waals surface area contributed by atoms with Gasteiger partial charge in [0, 0.05) is 11.6 Å². The maximum atomic E-state index is 13.4. The molecule has 152 valence electrons. The van der Waals surface area contributed by atoms with Crippen LogP contribution in [0.25, 0.3) is 22.3 Å². The first kappa shape index (κ1) is 19.4. The van der Waals surface area contributed by atoms with Gasteiger partial charge in [0.05, 0.1) is 22.3 Å². The van der Waals surface area contributed by atoms with E-state index in [2.05, 4.69) is 10.3 Å². The van der Waals surface area contributed by atoms with Gasteiger partial charge >= 0.3 is 6.18 Å². The summed E-state index contributed by atoms with van der Waals surface area (Å²) in [6.45, 7) is 1.58. The number of aryl methyl sites for hydroxylation is 1. The Morgan fingerprint density at radius 3 is 2.57 bits per heavy atom. The van der Waals surface area contributed by atoms with Gasteiger partial charge in [0.1, 0.15) is 5.76 Å². The highest BCUT2D eigenvalue weighted by Gasteiger charge is 2.34. The van der Waals surface area contributed by atoms with Crippen molar-refractivity contribution in [2.75, 3.05) is 5.32 Å². The fourth-order valence-electron chi connectivity index (χ4n) is 3.05. The predicted octanol–water partition coefficient (Wildman–Crippen LogP) is 5.03. The number of hydrogen-bond acceptors (Lipinski definition) is 5. The number of oxazole rings is 1. The van der Waals surface area contributed by atoms with Gasteiger partial charge in [-0.1, -0.05) is 24.3 Å². The molecular weight excluding hydrogens is 401 g/mol. The van der Waals surface area contributed by atoms with Gasteiger partial charge in [0.15, 0.2) is 17.4 Å². The van der Waals surface area contributed by atoms with E-state index in [-0.39, 0.29) is 33.7 Å². The highest BCUT2D eigenvalue weighted by Crippen LogP contribution is 2.37. The summed E-state index contributed by atoms with van der Waals surface area (Å²) in [6, 6.07) is 10.2. The zero-order valence-electron chi connectivity index (χ0n) is 15.4. The van der Waals surface area contributed by atoms with Crippen molar-refractivity contribution in [2.45, 2.75) is 13.1 Å². The fraction of sp³-hybridized carbons (Fsp3) is 0.0952. The molecule has 2 heterocycles. The van der Waals surface area contributed by atoms with Crippen LogP contribution >= 0.6 is 0 Å². The number of aromatic nitrogens is 1. The van der Waals surface area contributed by atoms with E-state index in [1.54, 1.807) is 6.92 Å². The van der Waals surface area contributed by atoms with Gasteiger partial charge in [0.2, 0.25) is 5.76 Å². The lowest BCUT2D eigenvalue weighted by atomic mass is 10.0. The molecule has 9 heteroatoms. The lowest BCUT2D eigenvalue weighted by molar-refractivity contribution is -0.137. The Morgan fingerprint density at radius 1 is 1.10 bits per heavy atom. The summed E-state index contributed by atoms with van der Waals surface area (Å²) in [7, 11) is 0. The third-order valence-electron chi connectivity index (χ3n) is 4.45. The Kier molecular flexibility index (Phi) is 4.65. The standard InChI is InChI=1S/C21H13F3N2O4/c1-11-18(29-10-25-11)20(28)26-15-8-4-6-13-16(27)9-17(30-19(13)15)12-5-2-3-7-14(12)21(22,23)24/h2-10H,1H3,(H,26,28). The van der Waals surface area contributed by atoms with E-state index in [4.69, 9.17) is 8.83 Å². The number of fused-ring (bicyclic) bond motifs is 1. The van der Waals surface area contributed by atoms with Gasteiger partial charge in [0.25, 0.3) is 5.91 Å². The molecule has 4 aromatic rings. The lowest BCUT2D eigenvalue weighted by Crippen LogP contribution is -2.13. The number of alkyl halides is 3. The molecule has 2 aromatic carbocycles. The SMILES string of the molecule is Cc1ncoc1C(=O)Nc1cccc2c(=O)cc(-c3ccccc3C(F)(F)F)oc12. The summed E-state index contributed by atoms with van der Waals surface area (Å²) in [5.74, 6) is -0.938. The van der Waals surface area contributed by atoms with Gasteiger partial charge in [-0.2, -0.15) is 13.2 Å². The molecule has 0 fully saturated rings. The van der Waals surface area contributed by atoms with E-state index >= 15 is 0 Å². The Morgan fingerprint density at radius 2 is 1.87 bits per heavy atom. The van der Waals surface area contributed by atoms with Gasteiger partial charge in [-0.25, -0.2) is 4.98 Å². The van der Waals surface area contributed by atoms with Crippen molar-refractivity contribution in [1.82, 2.24) is 4.98 Å². The molecule has 0 aliphatic carbocycles. The Hall–Kier alpha value is -3.88. The summed E-state index contributed by atoms with van der Waals surface area (Å²) in [6.07, 6.45) is -3.53. The van der Waals surface area contributed by atoms with E-state index in [1.807, 2.05) is 0 Å². The van der Waals surface area contributed by atoms with Crippen LogP contribution in [0.5, 0.6) is 0 Å². The maximum Gasteiger partial charge on any atom is 0.417 e. The van der Waals surface area contributed by atoms with Gasteiger partial charge < -0.3 is 14.2 Å². The third-order valence-corrected chi connectivity index (χ3v) is 4.45. The number of para-hydroxylation sites is 1. The molecule has 1 N–H and O–H groups in total. The van der Waals surface area contributed by atoms with E-state index in [9.17, 15) is 22.8 Å². The minimum Gasteiger partial charge on any atom is -0.454 e. The number of amides is 1. The van der Waals surface area contributed by atoms with Crippen LogP contribution in [-0.2, 0) is 6.18 Å². The summed E-state index contributed by atoms with van der Waals surface area (Å²) < 4.78 is 50.9. The Bertz CT molecular complexity index is 1320. The van der Waals surface area contributed by atoms with Crippen molar-refractivity contribution < 1.29 is 26.8 Å². The number of nitrogens with one attached hydrogen (secondary N) is 1. The number of rotatable bonds is 3. The molecule has 0 aliphatic rings. The van der Waals surface area contributed by atoms with E-state index in [1.165, 1.54) is 36.4 Å². The molecule has 0 spiro atoms. The highest BCUT2D eigenvalue weighted by molar-refractivity contribution is 6.07. The van der Waals surface area contributed by atoms with Crippen molar-refractivity contribution in [2.24, 2.45) is 0 Å². The molecule has 1 amide bonds. The van der Waals surface area contributed by atoms with E-state index in [0.29, 0.717) is 5.69 Å². The Balaban J connectivity index is 1.87. The zero-order valence-corrected chi connectivity index (χ0v) is 15.4. The normalized spacial score (nSPS) is 11.6. The molecule has 0 saturated heterocycles. The first-order chi connectivity index (χ1) is 14.3. The minimum absolute atomic E-state index is 0.0343. The van der Waals surface area contributed by atoms with Crippen LogP contribution in [0.1, 0.15) is 21.8 Å². The second-order valence-electron chi connectivity index (χ2n) is 6.42. The number of hydrogen-bond donors (Lipinski definition) is 1. The lowest BCUT2D eigenvalue weighted by Gasteiger charge is -2.13. The highest BCUT2D eigenvalue weighted by atomic mass is 19.4. The van der Waals surface area contributed by atoms with Crippen molar-refractivity contribution in [3.05, 3.63) is 82.2 Å². The van der Waals surface area contributed by atoms with Crippen LogP contribution in [0.3, 0.4) is 0 Å². The maximum absolute atomic E-state index is 13.4. The van der Waals surface area contributed by atoms with Crippen molar-refractivity contribution in [3.63, 3.8) is 0 Å². The topological polar surface area (TPSA) is 85.3 Å². The van der Waals surface area contributed by atoms with Crippen LogP contribution < -0.4 is 10.7 Å². The molecule has 2 aromatic heterocycles. The molecule has 0 bridgehead atoms. The summed E-state index contributed by atoms with van der Waals surface area (Å²) in [4.78, 5) is 28.9. The summed E-state index contributed by atoms with van der Waals surface area (Å²) >= 11 is 0. The fourth-order valence-corrected chi connectivity index (χ4v) is 3.05. The molecule has 0 unspecified atom stereocenters. The quantitative estimate of drug-likeness (QED) is 0.508. The third kappa shape index (κ3) is 3.45. The second-order valence-corrected chi connectivity index (χ2v) is 6.42. The largest absolute Gasteiger partial charge is 0.454 e. The molecule has 0 aliphatic heterocycles. The van der Waals surface area contributed by atoms with Crippen LogP contribution in [0.15, 0.2) is 68.6 Å². The number of anilines is 1. The molecular formula is C21H13F3N2O4. The smallest absolute Gasteiger partial charge is 0.417 e. The van der Waals surface area contributed by atoms with Crippen LogP contribution in [0.2, 0.25) is 0 Å². The van der Waals surface area contributed by atoms with E-state index in [0.717, 1.165) is 18.5 Å². The van der Waals surface area contributed by atoms with Crippen LogP contribution in [0.4, 0.5) is 18.9 Å². The molecule has 0 radical (unpaired) electrons. The van der Waals surface area contributed by atoms with Crippen molar-refractivity contribution in [3.8, 4) is 11.3 Å². The monoisotopic (exact) mass is 414 g/mol. The van der Waals surface area contributed by atoms with E-state index < -0.39 is 23.1 Å². The number of carbonyl (C=O) groups excluding carboxylic acids is 1. The summed E-state index contributed by atoms with van der Waals surface area (Å²) in [5.41, 5.74) is -1.36. The second kappa shape index (κ2) is 7.18. The molecule has 6 nitrogen and oxygen atoms in total. The first-order valence-corrected chi connectivity index (χ1v) is 8.70. The molecule has 4 rings (SSSR count). The molecule has 0 saturated carbocycles. The number of benzene rings is 2. The predicted molar refractivity (Wildman–Crippen MR) is 102 cm³/mol. The summed E-state index contributed by atoms with van der Waals surface area (Å²) in [5, 5.41) is 2.66. The van der Waals surface area contributed by atoms with Gasteiger partial charge in [-0.3, -0.25) is 9.59 Å². The number of halogens is 3. The average molecular weight is 414 g/mol. The molecule has 0 atom stereocenters. The minimum atomic E-state index is -4.64.